The Morgan fingerprint density at radius 2 is 1.30 bits per heavy atom. The molecule has 0 radical (unpaired) electrons. The van der Waals surface area contributed by atoms with Crippen molar-refractivity contribution in [1.82, 2.24) is 9.97 Å². The molecular formula is C52H82N2OS2. The molecule has 9 saturated carbocycles. The molecule has 3 aromatic rings. The number of aliphatic hydroxyl groups is 1. The maximum absolute atomic E-state index is 9.96. The van der Waals surface area contributed by atoms with E-state index in [1.165, 1.54) is 44.8 Å². The zero-order valence-corrected chi connectivity index (χ0v) is 40.3. The Morgan fingerprint density at radius 3 is 1.74 bits per heavy atom. The first-order valence-electron chi connectivity index (χ1n) is 23.6. The van der Waals surface area contributed by atoms with Gasteiger partial charge in [0.1, 0.15) is 0 Å². The third kappa shape index (κ3) is 8.37. The second-order valence-electron chi connectivity index (χ2n) is 23.9. The van der Waals surface area contributed by atoms with Crippen molar-refractivity contribution in [2.24, 2.45) is 63.1 Å². The molecular weight excluding hydrogens is 733 g/mol. The van der Waals surface area contributed by atoms with Gasteiger partial charge in [-0.3, -0.25) is 0 Å². The molecule has 9 fully saturated rings. The number of fused-ring (bicyclic) bond motifs is 5. The van der Waals surface area contributed by atoms with Gasteiger partial charge in [0.05, 0.1) is 26.3 Å². The lowest BCUT2D eigenvalue weighted by Crippen LogP contribution is -2.54. The van der Waals surface area contributed by atoms with Gasteiger partial charge in [-0.25, -0.2) is 9.97 Å². The van der Waals surface area contributed by atoms with Crippen LogP contribution in [0, 0.1) is 63.1 Å². The average Bonchev–Trinajstić information content (AvgIpc) is 3.92. The summed E-state index contributed by atoms with van der Waals surface area (Å²) in [5.41, 5.74) is 7.52. The molecule has 5 heteroatoms. The van der Waals surface area contributed by atoms with Crippen molar-refractivity contribution in [2.75, 3.05) is 0 Å². The summed E-state index contributed by atoms with van der Waals surface area (Å²) in [6.45, 7) is 29.8. The summed E-state index contributed by atoms with van der Waals surface area (Å²) < 4.78 is 1.29. The minimum Gasteiger partial charge on any atom is -0.390 e. The third-order valence-corrected chi connectivity index (χ3v) is 20.4. The molecule has 12 rings (SSSR count). The molecule has 7 bridgehead atoms. The van der Waals surface area contributed by atoms with E-state index < -0.39 is 0 Å². The lowest BCUT2D eigenvalue weighted by atomic mass is 9.41. The van der Waals surface area contributed by atoms with Gasteiger partial charge in [0, 0.05) is 17.0 Å². The summed E-state index contributed by atoms with van der Waals surface area (Å²) in [6.07, 6.45) is 22.1. The van der Waals surface area contributed by atoms with Crippen LogP contribution in [-0.4, -0.2) is 20.7 Å². The smallest absolute Gasteiger partial charge is 0.0953 e. The normalized spacial score (nSPS) is 37.1. The quantitative estimate of drug-likeness (QED) is 0.279. The second kappa shape index (κ2) is 15.9. The second-order valence-corrected chi connectivity index (χ2v) is 25.8. The Bertz CT molecular complexity index is 1790. The number of hydrogen-bond acceptors (Lipinski definition) is 5. The fraction of sp³-hybridized carbons (Fsp3) is 0.808. The van der Waals surface area contributed by atoms with Gasteiger partial charge in [-0.05, 0) is 182 Å². The minimum absolute atomic E-state index is 0.246. The van der Waals surface area contributed by atoms with E-state index in [4.69, 9.17) is 0 Å². The van der Waals surface area contributed by atoms with E-state index in [2.05, 4.69) is 118 Å². The number of benzene rings is 1. The van der Waals surface area contributed by atoms with Crippen molar-refractivity contribution in [3.8, 4) is 0 Å². The van der Waals surface area contributed by atoms with E-state index in [1.807, 2.05) is 23.0 Å². The highest BCUT2D eigenvalue weighted by atomic mass is 32.1. The summed E-state index contributed by atoms with van der Waals surface area (Å²) in [5, 5.41) is 11.2. The highest BCUT2D eigenvalue weighted by Gasteiger charge is 2.71. The lowest BCUT2D eigenvalue weighted by Gasteiger charge is -2.64. The number of hydrogen-bond donors (Lipinski definition) is 1. The Hall–Kier alpha value is -1.30. The predicted molar refractivity (Wildman–Crippen MR) is 246 cm³/mol. The molecule has 5 unspecified atom stereocenters. The van der Waals surface area contributed by atoms with Crippen LogP contribution in [0.25, 0.3) is 10.2 Å². The lowest BCUT2D eigenvalue weighted by molar-refractivity contribution is -0.141. The standard InChI is InChI=1S/C14H22.C10H11NS.C10H17NS.C10H18O.C8H14/c1-9(2)13-5-10-3-11-4-12(7-13)14(11,6-10)8-13;1-7(2)8-3-4-9-10(5-8)12-6-11-9;1-7(2)9-11-6-8(12-9)10(3,4)5;1-8(2)9-3-5-10(11,7-9)6-4-9;1-6(2)8-3-7(4-8)5-8/h9-12H,3-8H2,1-2H3;3-7H,1-2H3;6-7H,1-5H3;8,11H,3-7H2,1-2H3;6-7H,3-5H2,1-2H3. The van der Waals surface area contributed by atoms with E-state index in [9.17, 15) is 5.11 Å². The fourth-order valence-electron chi connectivity index (χ4n) is 13.5. The topological polar surface area (TPSA) is 46.0 Å². The van der Waals surface area contributed by atoms with E-state index in [0.717, 1.165) is 70.6 Å². The molecule has 1 aromatic carbocycles. The number of thiazole rings is 2. The van der Waals surface area contributed by atoms with Crippen LogP contribution in [0.4, 0.5) is 0 Å². The first kappa shape index (κ1) is 43.8. The van der Waals surface area contributed by atoms with Crippen LogP contribution < -0.4 is 0 Å². The fourth-order valence-corrected chi connectivity index (χ4v) is 15.2. The Labute approximate surface area is 357 Å². The molecule has 318 valence electrons. The average molecular weight is 815 g/mol. The number of nitrogens with zero attached hydrogens (tertiary/aromatic N) is 2. The van der Waals surface area contributed by atoms with Crippen LogP contribution in [0.1, 0.15) is 207 Å². The van der Waals surface area contributed by atoms with Crippen LogP contribution in [0.3, 0.4) is 0 Å². The maximum Gasteiger partial charge on any atom is 0.0953 e. The van der Waals surface area contributed by atoms with Gasteiger partial charge >= 0.3 is 0 Å². The number of aromatic nitrogens is 2. The van der Waals surface area contributed by atoms with Gasteiger partial charge in [0.2, 0.25) is 0 Å². The largest absolute Gasteiger partial charge is 0.390 e. The summed E-state index contributed by atoms with van der Waals surface area (Å²) >= 11 is 3.54. The predicted octanol–water partition coefficient (Wildman–Crippen LogP) is 15.6. The zero-order valence-electron chi connectivity index (χ0n) is 38.6. The maximum atomic E-state index is 9.96. The minimum atomic E-state index is -0.246. The third-order valence-electron chi connectivity index (χ3n) is 17.9. The molecule has 5 atom stereocenters. The monoisotopic (exact) mass is 815 g/mol. The molecule has 57 heavy (non-hydrogen) atoms. The zero-order chi connectivity index (χ0) is 41.3. The van der Waals surface area contributed by atoms with Crippen molar-refractivity contribution in [3.05, 3.63) is 45.4 Å². The van der Waals surface area contributed by atoms with Crippen molar-refractivity contribution in [3.63, 3.8) is 0 Å². The molecule has 3 nitrogen and oxygen atoms in total. The summed E-state index contributed by atoms with van der Waals surface area (Å²) in [5.74, 6) is 8.50. The van der Waals surface area contributed by atoms with Crippen molar-refractivity contribution < 1.29 is 5.11 Å². The van der Waals surface area contributed by atoms with E-state index in [-0.39, 0.29) is 11.0 Å². The Kier molecular flexibility index (Phi) is 12.2. The summed E-state index contributed by atoms with van der Waals surface area (Å²) in [6, 6.07) is 6.49. The van der Waals surface area contributed by atoms with E-state index in [0.29, 0.717) is 17.3 Å². The molecule has 1 N–H and O–H groups in total. The van der Waals surface area contributed by atoms with Crippen LogP contribution >= 0.6 is 22.7 Å². The molecule has 2 heterocycles. The van der Waals surface area contributed by atoms with Crippen molar-refractivity contribution in [2.45, 2.75) is 203 Å². The van der Waals surface area contributed by atoms with Gasteiger partial charge in [0.25, 0.3) is 0 Å². The van der Waals surface area contributed by atoms with Crippen LogP contribution in [0.15, 0.2) is 29.9 Å². The number of rotatable bonds is 5. The Morgan fingerprint density at radius 1 is 0.667 bits per heavy atom. The van der Waals surface area contributed by atoms with Gasteiger partial charge in [0.15, 0.2) is 0 Å². The van der Waals surface area contributed by atoms with E-state index >= 15 is 0 Å². The van der Waals surface area contributed by atoms with Crippen LogP contribution in [0.2, 0.25) is 0 Å². The van der Waals surface area contributed by atoms with Gasteiger partial charge in [-0.2, -0.15) is 0 Å². The van der Waals surface area contributed by atoms with Gasteiger partial charge in [-0.1, -0.05) is 96.1 Å². The molecule has 2 aromatic heterocycles. The molecule has 0 aliphatic heterocycles. The molecule has 0 saturated heterocycles. The van der Waals surface area contributed by atoms with Crippen LogP contribution in [-0.2, 0) is 5.41 Å². The van der Waals surface area contributed by atoms with Gasteiger partial charge < -0.3 is 5.11 Å². The first-order valence-corrected chi connectivity index (χ1v) is 25.3. The molecule has 9 aliphatic rings. The van der Waals surface area contributed by atoms with E-state index in [1.54, 1.807) is 69.1 Å². The highest BCUT2D eigenvalue weighted by Crippen LogP contribution is 2.80. The van der Waals surface area contributed by atoms with Crippen molar-refractivity contribution >= 4 is 32.9 Å². The van der Waals surface area contributed by atoms with Gasteiger partial charge in [-0.15, -0.1) is 22.7 Å². The first-order chi connectivity index (χ1) is 26.6. The summed E-state index contributed by atoms with van der Waals surface area (Å²) in [7, 11) is 0. The molecule has 0 amide bonds. The molecule has 9 aliphatic carbocycles. The highest BCUT2D eigenvalue weighted by molar-refractivity contribution is 7.16. The van der Waals surface area contributed by atoms with Crippen molar-refractivity contribution in [1.29, 1.82) is 0 Å². The van der Waals surface area contributed by atoms with Crippen LogP contribution in [0.5, 0.6) is 0 Å². The Balaban J connectivity index is 0.000000110. The SMILES string of the molecule is CC(C)C12CC(C1)C2.CC(C)C12CC3CC4CC(C1)C4(C3)C2.CC(C)C12CCC(O)(CC1)C2.CC(C)c1ccc2ncsc2c1.CC(C)c1ncc(C(C)(C)C)s1. The summed E-state index contributed by atoms with van der Waals surface area (Å²) in [4.78, 5) is 10.0. The molecule has 1 spiro atoms.